The monoisotopic (exact) mass is 195 g/mol. The van der Waals surface area contributed by atoms with Crippen molar-refractivity contribution >= 4 is 23.2 Å². The van der Waals surface area contributed by atoms with Crippen LogP contribution in [-0.4, -0.2) is 5.91 Å². The molecule has 0 aromatic heterocycles. The van der Waals surface area contributed by atoms with Gasteiger partial charge in [-0.3, -0.25) is 4.79 Å². The fraction of sp³-hybridized carbons (Fsp3) is 0.300. The summed E-state index contributed by atoms with van der Waals surface area (Å²) in [6, 6.07) is 5.51. The van der Waals surface area contributed by atoms with Crippen molar-refractivity contribution in [3.63, 3.8) is 0 Å². The van der Waals surface area contributed by atoms with Crippen LogP contribution in [0.25, 0.3) is 0 Å². The molecule has 1 aromatic rings. The Balaban J connectivity index is 2.70. The molecular weight excluding hydrogens is 186 g/mol. The number of amides is 1. The van der Waals surface area contributed by atoms with Crippen LogP contribution in [0.5, 0.6) is 0 Å². The van der Waals surface area contributed by atoms with E-state index in [2.05, 4.69) is 5.32 Å². The minimum Gasteiger partial charge on any atom is -0.325 e. The van der Waals surface area contributed by atoms with Crippen molar-refractivity contribution in [2.24, 2.45) is 0 Å². The molecule has 1 aliphatic heterocycles. The van der Waals surface area contributed by atoms with Gasteiger partial charge >= 0.3 is 0 Å². The third-order valence-corrected chi connectivity index (χ3v) is 2.77. The third kappa shape index (κ3) is 1.05. The van der Waals surface area contributed by atoms with Gasteiger partial charge in [-0.1, -0.05) is 17.7 Å². The maximum Gasteiger partial charge on any atom is 0.234 e. The number of benzene rings is 1. The number of fused-ring (bicyclic) bond motifs is 1. The Labute approximate surface area is 81.9 Å². The first-order valence-electron chi connectivity index (χ1n) is 4.14. The van der Waals surface area contributed by atoms with E-state index in [-0.39, 0.29) is 5.91 Å². The van der Waals surface area contributed by atoms with Crippen LogP contribution < -0.4 is 5.32 Å². The van der Waals surface area contributed by atoms with E-state index in [0.717, 1.165) is 11.3 Å². The topological polar surface area (TPSA) is 29.1 Å². The zero-order valence-electron chi connectivity index (χ0n) is 7.52. The van der Waals surface area contributed by atoms with Gasteiger partial charge in [0, 0.05) is 16.3 Å². The second-order valence-electron chi connectivity index (χ2n) is 3.74. The SMILES string of the molecule is CC1(C)C(=O)Nc2cccc(Cl)c21. The van der Waals surface area contributed by atoms with Crippen LogP contribution in [0.1, 0.15) is 19.4 Å². The minimum atomic E-state index is -0.506. The number of carbonyl (C=O) groups is 1. The van der Waals surface area contributed by atoms with Gasteiger partial charge in [-0.2, -0.15) is 0 Å². The summed E-state index contributed by atoms with van der Waals surface area (Å²) in [6.45, 7) is 3.75. The molecule has 0 aliphatic carbocycles. The van der Waals surface area contributed by atoms with E-state index < -0.39 is 5.41 Å². The maximum absolute atomic E-state index is 11.5. The lowest BCUT2D eigenvalue weighted by molar-refractivity contribution is -0.119. The lowest BCUT2D eigenvalue weighted by Crippen LogP contribution is -2.27. The molecule has 13 heavy (non-hydrogen) atoms. The highest BCUT2D eigenvalue weighted by atomic mass is 35.5. The molecule has 0 spiro atoms. The number of hydrogen-bond acceptors (Lipinski definition) is 1. The van der Waals surface area contributed by atoms with Crippen LogP contribution in [0.3, 0.4) is 0 Å². The van der Waals surface area contributed by atoms with Crippen LogP contribution in [0, 0.1) is 0 Å². The molecule has 0 radical (unpaired) electrons. The summed E-state index contributed by atoms with van der Waals surface area (Å²) in [6.07, 6.45) is 0. The minimum absolute atomic E-state index is 0.00981. The molecule has 3 heteroatoms. The third-order valence-electron chi connectivity index (χ3n) is 2.45. The Kier molecular flexibility index (Phi) is 1.64. The first kappa shape index (κ1) is 8.57. The zero-order valence-corrected chi connectivity index (χ0v) is 8.27. The average Bonchev–Trinajstić information content (AvgIpc) is 2.24. The van der Waals surface area contributed by atoms with E-state index >= 15 is 0 Å². The van der Waals surface area contributed by atoms with Gasteiger partial charge in [0.05, 0.1) is 5.41 Å². The van der Waals surface area contributed by atoms with Crippen molar-refractivity contribution in [1.82, 2.24) is 0 Å². The van der Waals surface area contributed by atoms with Crippen molar-refractivity contribution in [3.8, 4) is 0 Å². The molecule has 0 unspecified atom stereocenters. The number of hydrogen-bond donors (Lipinski definition) is 1. The Morgan fingerprint density at radius 2 is 2.08 bits per heavy atom. The highest BCUT2D eigenvalue weighted by Crippen LogP contribution is 2.41. The van der Waals surface area contributed by atoms with E-state index in [1.54, 1.807) is 0 Å². The summed E-state index contributed by atoms with van der Waals surface area (Å²) in [5.74, 6) is 0.00981. The average molecular weight is 196 g/mol. The zero-order chi connectivity index (χ0) is 9.64. The van der Waals surface area contributed by atoms with Crippen molar-refractivity contribution in [3.05, 3.63) is 28.8 Å². The molecule has 0 saturated heterocycles. The summed E-state index contributed by atoms with van der Waals surface area (Å²) >= 11 is 6.03. The van der Waals surface area contributed by atoms with Crippen molar-refractivity contribution in [2.45, 2.75) is 19.3 Å². The molecular formula is C10H10ClNO. The highest BCUT2D eigenvalue weighted by Gasteiger charge is 2.39. The van der Waals surface area contributed by atoms with Crippen LogP contribution in [0.2, 0.25) is 5.02 Å². The quantitative estimate of drug-likeness (QED) is 0.678. The van der Waals surface area contributed by atoms with Gasteiger partial charge < -0.3 is 5.32 Å². The van der Waals surface area contributed by atoms with E-state index in [0.29, 0.717) is 5.02 Å². The number of anilines is 1. The number of nitrogens with one attached hydrogen (secondary N) is 1. The van der Waals surface area contributed by atoms with Crippen LogP contribution in [0.4, 0.5) is 5.69 Å². The standard InChI is InChI=1S/C10H10ClNO/c1-10(2)8-6(11)4-3-5-7(8)12-9(10)13/h3-5H,1-2H3,(H,12,13). The van der Waals surface area contributed by atoms with Gasteiger partial charge in [-0.05, 0) is 26.0 Å². The summed E-state index contributed by atoms with van der Waals surface area (Å²) in [7, 11) is 0. The molecule has 1 amide bonds. The lowest BCUT2D eigenvalue weighted by Gasteiger charge is -2.15. The van der Waals surface area contributed by atoms with Gasteiger partial charge in [-0.25, -0.2) is 0 Å². The molecule has 2 rings (SSSR count). The molecule has 1 aliphatic rings. The molecule has 0 atom stereocenters. The Morgan fingerprint density at radius 1 is 1.38 bits per heavy atom. The fourth-order valence-corrected chi connectivity index (χ4v) is 2.07. The van der Waals surface area contributed by atoms with Gasteiger partial charge in [0.15, 0.2) is 0 Å². The van der Waals surface area contributed by atoms with Crippen molar-refractivity contribution in [1.29, 1.82) is 0 Å². The number of carbonyl (C=O) groups excluding carboxylic acids is 1. The first-order valence-corrected chi connectivity index (χ1v) is 4.52. The second-order valence-corrected chi connectivity index (χ2v) is 4.15. The first-order chi connectivity index (χ1) is 6.03. The molecule has 1 aromatic carbocycles. The van der Waals surface area contributed by atoms with Crippen LogP contribution in [-0.2, 0) is 10.2 Å². The predicted molar refractivity (Wildman–Crippen MR) is 53.1 cm³/mol. The normalized spacial score (nSPS) is 18.2. The van der Waals surface area contributed by atoms with Crippen molar-refractivity contribution in [2.75, 3.05) is 5.32 Å². The van der Waals surface area contributed by atoms with Crippen LogP contribution >= 0.6 is 11.6 Å². The molecule has 1 heterocycles. The maximum atomic E-state index is 11.5. The van der Waals surface area contributed by atoms with Gasteiger partial charge in [-0.15, -0.1) is 0 Å². The van der Waals surface area contributed by atoms with Crippen LogP contribution in [0.15, 0.2) is 18.2 Å². The summed E-state index contributed by atoms with van der Waals surface area (Å²) in [5.41, 5.74) is 1.23. The predicted octanol–water partition coefficient (Wildman–Crippen LogP) is 2.57. The summed E-state index contributed by atoms with van der Waals surface area (Å²) in [5, 5.41) is 3.46. The smallest absolute Gasteiger partial charge is 0.234 e. The number of halogens is 1. The molecule has 0 saturated carbocycles. The van der Waals surface area contributed by atoms with E-state index in [9.17, 15) is 4.79 Å². The van der Waals surface area contributed by atoms with Crippen molar-refractivity contribution < 1.29 is 4.79 Å². The molecule has 2 nitrogen and oxygen atoms in total. The van der Waals surface area contributed by atoms with Gasteiger partial charge in [0.25, 0.3) is 0 Å². The molecule has 0 bridgehead atoms. The molecule has 0 fully saturated rings. The van der Waals surface area contributed by atoms with Gasteiger partial charge in [0.1, 0.15) is 0 Å². The number of rotatable bonds is 0. The fourth-order valence-electron chi connectivity index (χ4n) is 1.66. The second kappa shape index (κ2) is 2.48. The molecule has 68 valence electrons. The molecule has 1 N–H and O–H groups in total. The van der Waals surface area contributed by atoms with E-state index in [1.807, 2.05) is 32.0 Å². The lowest BCUT2D eigenvalue weighted by atomic mass is 9.86. The Morgan fingerprint density at radius 3 is 2.69 bits per heavy atom. The summed E-state index contributed by atoms with van der Waals surface area (Å²) < 4.78 is 0. The summed E-state index contributed by atoms with van der Waals surface area (Å²) in [4.78, 5) is 11.5. The Hall–Kier alpha value is -1.02. The van der Waals surface area contributed by atoms with E-state index in [1.165, 1.54) is 0 Å². The largest absolute Gasteiger partial charge is 0.325 e. The Bertz CT molecular complexity index is 385. The van der Waals surface area contributed by atoms with E-state index in [4.69, 9.17) is 11.6 Å². The highest BCUT2D eigenvalue weighted by molar-refractivity contribution is 6.33. The van der Waals surface area contributed by atoms with Gasteiger partial charge in [0.2, 0.25) is 5.91 Å².